The summed E-state index contributed by atoms with van der Waals surface area (Å²) in [6.45, 7) is 2.08. The maximum absolute atomic E-state index is 12.7. The average molecular weight is 464 g/mol. The number of aromatic nitrogens is 4. The highest BCUT2D eigenvalue weighted by molar-refractivity contribution is 9.10. The molecule has 0 radical (unpaired) electrons. The number of nitrogens with one attached hydrogen (secondary N) is 1. The summed E-state index contributed by atoms with van der Waals surface area (Å²) in [4.78, 5) is 21.6. The molecule has 5 rings (SSSR count). The normalized spacial score (nSPS) is 11.2. The number of carbonyl (C=O) groups is 1. The Labute approximate surface area is 178 Å². The topological polar surface area (TPSA) is 72.2 Å². The van der Waals surface area contributed by atoms with Crippen molar-refractivity contribution in [3.63, 3.8) is 0 Å². The van der Waals surface area contributed by atoms with Gasteiger partial charge in [-0.15, -0.1) is 11.3 Å². The van der Waals surface area contributed by atoms with Crippen molar-refractivity contribution in [3.05, 3.63) is 76.7 Å². The first-order chi connectivity index (χ1) is 14.1. The Balaban J connectivity index is 1.39. The maximum atomic E-state index is 12.7. The average Bonchev–Trinajstić information content (AvgIpc) is 3.30. The summed E-state index contributed by atoms with van der Waals surface area (Å²) in [6.07, 6.45) is 3.41. The van der Waals surface area contributed by atoms with Gasteiger partial charge in [0.05, 0.1) is 14.7 Å². The minimum absolute atomic E-state index is 0.286. The lowest BCUT2D eigenvalue weighted by Gasteiger charge is -2.04. The van der Waals surface area contributed by atoms with Crippen LogP contribution in [0.4, 0.5) is 5.69 Å². The number of anilines is 1. The minimum Gasteiger partial charge on any atom is -0.321 e. The van der Waals surface area contributed by atoms with Gasteiger partial charge >= 0.3 is 0 Å². The summed E-state index contributed by atoms with van der Waals surface area (Å²) in [6, 6.07) is 15.7. The van der Waals surface area contributed by atoms with E-state index in [1.807, 2.05) is 30.3 Å². The van der Waals surface area contributed by atoms with Crippen LogP contribution in [0.3, 0.4) is 0 Å². The molecule has 0 spiro atoms. The Morgan fingerprint density at radius 2 is 2.00 bits per heavy atom. The Morgan fingerprint density at radius 1 is 1.17 bits per heavy atom. The molecule has 0 fully saturated rings. The molecule has 0 bridgehead atoms. The third-order valence-corrected chi connectivity index (χ3v) is 6.29. The van der Waals surface area contributed by atoms with Crippen LogP contribution in [-0.2, 0) is 0 Å². The number of aryl methyl sites for hydroxylation is 1. The molecule has 1 N–H and O–H groups in total. The molecule has 0 aliphatic rings. The third-order valence-electron chi connectivity index (χ3n) is 4.49. The fraction of sp³-hybridized carbons (Fsp3) is 0.0476. The predicted molar refractivity (Wildman–Crippen MR) is 118 cm³/mol. The van der Waals surface area contributed by atoms with Gasteiger partial charge in [-0.3, -0.25) is 4.79 Å². The Hall–Kier alpha value is -3.10. The second kappa shape index (κ2) is 7.06. The van der Waals surface area contributed by atoms with Crippen LogP contribution < -0.4 is 5.32 Å². The van der Waals surface area contributed by atoms with Crippen LogP contribution in [0.1, 0.15) is 16.1 Å². The standard InChI is InChI=1S/C21H14BrN5OS/c1-12-3-8-15-16(11-12)29-21(25-15)13-4-6-14(7-5-13)24-20(28)18-17(22)19-23-9-2-10-27(19)26-18/h2-11H,1H3,(H,24,28). The molecule has 3 aromatic heterocycles. The van der Waals surface area contributed by atoms with Gasteiger partial charge < -0.3 is 5.32 Å². The molecule has 0 aliphatic carbocycles. The van der Waals surface area contributed by atoms with Gasteiger partial charge in [0.1, 0.15) is 5.01 Å². The van der Waals surface area contributed by atoms with Crippen LogP contribution in [0, 0.1) is 6.92 Å². The van der Waals surface area contributed by atoms with Crippen LogP contribution in [0.5, 0.6) is 0 Å². The second-order valence-electron chi connectivity index (χ2n) is 6.57. The van der Waals surface area contributed by atoms with Crippen molar-refractivity contribution in [2.75, 3.05) is 5.32 Å². The van der Waals surface area contributed by atoms with Crippen LogP contribution in [-0.4, -0.2) is 25.5 Å². The van der Waals surface area contributed by atoms with E-state index < -0.39 is 0 Å². The number of fused-ring (bicyclic) bond motifs is 2. The Morgan fingerprint density at radius 3 is 2.79 bits per heavy atom. The summed E-state index contributed by atoms with van der Waals surface area (Å²) < 4.78 is 3.30. The van der Waals surface area contributed by atoms with Crippen LogP contribution in [0.25, 0.3) is 26.4 Å². The molecule has 6 nitrogen and oxygen atoms in total. The molecular weight excluding hydrogens is 450 g/mol. The first-order valence-electron chi connectivity index (χ1n) is 8.86. The molecule has 0 saturated carbocycles. The SMILES string of the molecule is Cc1ccc2nc(-c3ccc(NC(=O)c4nn5cccnc5c4Br)cc3)sc2c1. The Bertz CT molecular complexity index is 1370. The number of amides is 1. The van der Waals surface area contributed by atoms with Crippen LogP contribution in [0.15, 0.2) is 65.4 Å². The van der Waals surface area contributed by atoms with Crippen molar-refractivity contribution >= 4 is 54.7 Å². The van der Waals surface area contributed by atoms with Crippen molar-refractivity contribution in [1.29, 1.82) is 0 Å². The second-order valence-corrected chi connectivity index (χ2v) is 8.40. The lowest BCUT2D eigenvalue weighted by Crippen LogP contribution is -2.13. The van der Waals surface area contributed by atoms with Crippen molar-refractivity contribution in [2.45, 2.75) is 6.92 Å². The number of thiazole rings is 1. The smallest absolute Gasteiger partial charge is 0.277 e. The van der Waals surface area contributed by atoms with E-state index in [0.717, 1.165) is 16.1 Å². The highest BCUT2D eigenvalue weighted by atomic mass is 79.9. The molecule has 1 amide bonds. The number of rotatable bonds is 3. The van der Waals surface area contributed by atoms with Gasteiger partial charge in [0.15, 0.2) is 11.3 Å². The molecular formula is C21H14BrN5OS. The maximum Gasteiger partial charge on any atom is 0.277 e. The highest BCUT2D eigenvalue weighted by Gasteiger charge is 2.18. The lowest BCUT2D eigenvalue weighted by atomic mass is 10.2. The van der Waals surface area contributed by atoms with Gasteiger partial charge in [-0.2, -0.15) is 5.10 Å². The van der Waals surface area contributed by atoms with Gasteiger partial charge in [0.2, 0.25) is 0 Å². The molecule has 29 heavy (non-hydrogen) atoms. The van der Waals surface area contributed by atoms with Crippen molar-refractivity contribution in [2.24, 2.45) is 0 Å². The zero-order chi connectivity index (χ0) is 20.0. The van der Waals surface area contributed by atoms with Crippen molar-refractivity contribution in [1.82, 2.24) is 19.6 Å². The molecule has 0 saturated heterocycles. The van der Waals surface area contributed by atoms with Gasteiger partial charge in [-0.05, 0) is 70.9 Å². The summed E-state index contributed by atoms with van der Waals surface area (Å²) >= 11 is 5.08. The largest absolute Gasteiger partial charge is 0.321 e. The molecule has 3 heterocycles. The number of hydrogen-bond acceptors (Lipinski definition) is 5. The van der Waals surface area contributed by atoms with Crippen molar-refractivity contribution < 1.29 is 4.79 Å². The summed E-state index contributed by atoms with van der Waals surface area (Å²) in [5, 5.41) is 8.13. The van der Waals surface area contributed by atoms with E-state index in [9.17, 15) is 4.79 Å². The third kappa shape index (κ3) is 3.30. The van der Waals surface area contributed by atoms with Crippen LogP contribution >= 0.6 is 27.3 Å². The summed E-state index contributed by atoms with van der Waals surface area (Å²) in [5.74, 6) is -0.300. The number of carbonyl (C=O) groups excluding carboxylic acids is 1. The van der Waals surface area contributed by atoms with Crippen molar-refractivity contribution in [3.8, 4) is 10.6 Å². The van der Waals surface area contributed by atoms with Gasteiger partial charge in [-0.25, -0.2) is 14.5 Å². The molecule has 0 unspecified atom stereocenters. The number of benzene rings is 2. The molecule has 142 valence electrons. The zero-order valence-corrected chi connectivity index (χ0v) is 17.7. The summed E-state index contributed by atoms with van der Waals surface area (Å²) in [5.41, 5.74) is 4.80. The number of nitrogens with zero attached hydrogens (tertiary/aromatic N) is 4. The summed E-state index contributed by atoms with van der Waals surface area (Å²) in [7, 11) is 0. The zero-order valence-electron chi connectivity index (χ0n) is 15.3. The van der Waals surface area contributed by atoms with Gasteiger partial charge in [0, 0.05) is 23.6 Å². The quantitative estimate of drug-likeness (QED) is 0.392. The molecule has 8 heteroatoms. The first kappa shape index (κ1) is 18.0. The first-order valence-corrected chi connectivity index (χ1v) is 10.5. The van der Waals surface area contributed by atoms with Gasteiger partial charge in [-0.1, -0.05) is 6.07 Å². The van der Waals surface area contributed by atoms with Gasteiger partial charge in [0.25, 0.3) is 5.91 Å². The number of halogens is 1. The predicted octanol–water partition coefficient (Wildman–Crippen LogP) is 5.33. The van der Waals surface area contributed by atoms with E-state index in [0.29, 0.717) is 15.8 Å². The minimum atomic E-state index is -0.300. The van der Waals surface area contributed by atoms with Crippen LogP contribution in [0.2, 0.25) is 0 Å². The fourth-order valence-electron chi connectivity index (χ4n) is 3.05. The monoisotopic (exact) mass is 463 g/mol. The molecule has 0 aliphatic heterocycles. The van der Waals surface area contributed by atoms with E-state index in [1.165, 1.54) is 10.3 Å². The fourth-order valence-corrected chi connectivity index (χ4v) is 4.66. The van der Waals surface area contributed by atoms with E-state index in [-0.39, 0.29) is 11.6 Å². The van der Waals surface area contributed by atoms with E-state index >= 15 is 0 Å². The molecule has 2 aromatic carbocycles. The number of hydrogen-bond donors (Lipinski definition) is 1. The van der Waals surface area contributed by atoms with E-state index in [4.69, 9.17) is 4.98 Å². The van der Waals surface area contributed by atoms with E-state index in [1.54, 1.807) is 34.3 Å². The lowest BCUT2D eigenvalue weighted by molar-refractivity contribution is 0.102. The Kier molecular flexibility index (Phi) is 4.37. The molecule has 5 aromatic rings. The highest BCUT2D eigenvalue weighted by Crippen LogP contribution is 2.31. The van der Waals surface area contributed by atoms with E-state index in [2.05, 4.69) is 50.4 Å². The molecule has 0 atom stereocenters.